The third-order valence-electron chi connectivity index (χ3n) is 5.16. The number of carbonyl (C=O) groups excluding carboxylic acids is 2. The minimum absolute atomic E-state index is 0.117. The molecule has 2 amide bonds. The molecule has 4 rings (SSSR count). The lowest BCUT2D eigenvalue weighted by Crippen LogP contribution is -2.32. The van der Waals surface area contributed by atoms with Gasteiger partial charge in [0.15, 0.2) is 0 Å². The highest BCUT2D eigenvalue weighted by Crippen LogP contribution is 2.33. The van der Waals surface area contributed by atoms with E-state index in [2.05, 4.69) is 5.32 Å². The van der Waals surface area contributed by atoms with Crippen molar-refractivity contribution >= 4 is 34.7 Å². The van der Waals surface area contributed by atoms with Crippen LogP contribution in [0.3, 0.4) is 0 Å². The van der Waals surface area contributed by atoms with Gasteiger partial charge in [-0.3, -0.25) is 14.5 Å². The fourth-order valence-corrected chi connectivity index (χ4v) is 3.67. The summed E-state index contributed by atoms with van der Waals surface area (Å²) in [5.41, 5.74) is 1.71. The number of ether oxygens (including phenoxy) is 1. The minimum atomic E-state index is -0.534. The predicted molar refractivity (Wildman–Crippen MR) is 126 cm³/mol. The number of nitrogens with zero attached hydrogens (tertiary/aromatic N) is 1. The first-order chi connectivity index (χ1) is 16.0. The summed E-state index contributed by atoms with van der Waals surface area (Å²) in [5.74, 6) is -0.872. The minimum Gasteiger partial charge on any atom is -0.494 e. The zero-order valence-corrected chi connectivity index (χ0v) is 18.7. The molecular formula is C26H22ClFN2O3. The lowest BCUT2D eigenvalue weighted by atomic mass is 10.0. The molecule has 0 aliphatic carbocycles. The summed E-state index contributed by atoms with van der Waals surface area (Å²) >= 11 is 6.01. The number of carbonyl (C=O) groups is 2. The van der Waals surface area contributed by atoms with E-state index in [4.69, 9.17) is 16.3 Å². The molecule has 7 heteroatoms. The highest BCUT2D eigenvalue weighted by Gasteiger charge is 2.39. The molecule has 0 fully saturated rings. The molecule has 3 aromatic carbocycles. The lowest BCUT2D eigenvalue weighted by Gasteiger charge is -2.16. The summed E-state index contributed by atoms with van der Waals surface area (Å²) in [6, 6.07) is 19.9. The van der Waals surface area contributed by atoms with Crippen LogP contribution in [-0.2, 0) is 16.1 Å². The van der Waals surface area contributed by atoms with E-state index in [0.717, 1.165) is 11.3 Å². The molecule has 1 aliphatic heterocycles. The summed E-state index contributed by atoms with van der Waals surface area (Å²) in [7, 11) is 0. The van der Waals surface area contributed by atoms with Crippen molar-refractivity contribution in [3.63, 3.8) is 0 Å². The van der Waals surface area contributed by atoms with Crippen LogP contribution >= 0.6 is 11.6 Å². The van der Waals surface area contributed by atoms with Crippen LogP contribution in [0.5, 0.6) is 5.75 Å². The first-order valence-corrected chi connectivity index (χ1v) is 11.0. The van der Waals surface area contributed by atoms with Crippen LogP contribution in [0, 0.1) is 5.82 Å². The van der Waals surface area contributed by atoms with E-state index >= 15 is 0 Å². The normalized spacial score (nSPS) is 13.6. The maximum absolute atomic E-state index is 14.2. The van der Waals surface area contributed by atoms with Gasteiger partial charge in [0.1, 0.15) is 17.3 Å². The van der Waals surface area contributed by atoms with E-state index in [-0.39, 0.29) is 23.4 Å². The molecule has 0 bridgehead atoms. The topological polar surface area (TPSA) is 58.6 Å². The van der Waals surface area contributed by atoms with Gasteiger partial charge in [-0.2, -0.15) is 0 Å². The second-order valence-corrected chi connectivity index (χ2v) is 7.98. The van der Waals surface area contributed by atoms with Crippen LogP contribution in [0.25, 0.3) is 5.57 Å². The second-order valence-electron chi connectivity index (χ2n) is 7.55. The molecule has 1 heterocycles. The van der Waals surface area contributed by atoms with Crippen molar-refractivity contribution in [2.75, 3.05) is 11.9 Å². The zero-order chi connectivity index (χ0) is 23.4. The van der Waals surface area contributed by atoms with Gasteiger partial charge in [-0.1, -0.05) is 54.9 Å². The van der Waals surface area contributed by atoms with Gasteiger partial charge in [-0.05, 0) is 42.3 Å². The molecule has 0 saturated heterocycles. The van der Waals surface area contributed by atoms with E-state index in [1.807, 2.05) is 13.0 Å². The van der Waals surface area contributed by atoms with Crippen molar-refractivity contribution in [1.82, 2.24) is 4.90 Å². The van der Waals surface area contributed by atoms with Crippen molar-refractivity contribution in [1.29, 1.82) is 0 Å². The molecule has 3 aromatic rings. The Morgan fingerprint density at radius 2 is 1.73 bits per heavy atom. The van der Waals surface area contributed by atoms with Crippen molar-refractivity contribution < 1.29 is 18.7 Å². The standard InChI is InChI=1S/C26H22ClFN2O3/c1-2-14-33-21-8-5-7-20(15-21)29-24-23(17-10-12-19(27)13-11-17)25(31)30(26(24)32)16-18-6-3-4-9-22(18)28/h3-13,15,29H,2,14,16H2,1H3. The van der Waals surface area contributed by atoms with Crippen molar-refractivity contribution in [3.05, 3.63) is 100 Å². The summed E-state index contributed by atoms with van der Waals surface area (Å²) in [4.78, 5) is 27.7. The Kier molecular flexibility index (Phi) is 6.75. The van der Waals surface area contributed by atoms with Gasteiger partial charge in [0.2, 0.25) is 0 Å². The Balaban J connectivity index is 1.71. The Bertz CT molecular complexity index is 1220. The monoisotopic (exact) mass is 464 g/mol. The molecule has 0 aromatic heterocycles. The zero-order valence-electron chi connectivity index (χ0n) is 18.0. The summed E-state index contributed by atoms with van der Waals surface area (Å²) in [6.45, 7) is 2.40. The molecule has 0 radical (unpaired) electrons. The van der Waals surface area contributed by atoms with Gasteiger partial charge in [0.05, 0.1) is 18.7 Å². The number of hydrogen-bond donors (Lipinski definition) is 1. The molecule has 0 saturated carbocycles. The molecule has 1 N–H and O–H groups in total. The van der Waals surface area contributed by atoms with Gasteiger partial charge in [-0.25, -0.2) is 4.39 Å². The van der Waals surface area contributed by atoms with Gasteiger partial charge in [0.25, 0.3) is 11.8 Å². The molecule has 0 spiro atoms. The number of halogens is 2. The van der Waals surface area contributed by atoms with Crippen molar-refractivity contribution in [3.8, 4) is 5.75 Å². The highest BCUT2D eigenvalue weighted by molar-refractivity contribution is 6.36. The van der Waals surface area contributed by atoms with E-state index in [1.54, 1.807) is 60.7 Å². The third-order valence-corrected chi connectivity index (χ3v) is 5.42. The number of nitrogens with one attached hydrogen (secondary N) is 1. The summed E-state index contributed by atoms with van der Waals surface area (Å²) in [5, 5.41) is 3.60. The average Bonchev–Trinajstić information content (AvgIpc) is 3.04. The van der Waals surface area contributed by atoms with Crippen LogP contribution in [-0.4, -0.2) is 23.3 Å². The third kappa shape index (κ3) is 4.91. The SMILES string of the molecule is CCCOc1cccc(NC2=C(c3ccc(Cl)cc3)C(=O)N(Cc3ccccc3F)C2=O)c1. The molecule has 0 unspecified atom stereocenters. The van der Waals surface area contributed by atoms with Gasteiger partial charge >= 0.3 is 0 Å². The van der Waals surface area contributed by atoms with Crippen LogP contribution in [0.2, 0.25) is 5.02 Å². The summed E-state index contributed by atoms with van der Waals surface area (Å²) in [6.07, 6.45) is 0.863. The van der Waals surface area contributed by atoms with Gasteiger partial charge in [0, 0.05) is 22.3 Å². The number of amides is 2. The molecule has 168 valence electrons. The number of anilines is 1. The number of benzene rings is 3. The van der Waals surface area contributed by atoms with E-state index in [0.29, 0.717) is 28.6 Å². The fraction of sp³-hybridized carbons (Fsp3) is 0.154. The van der Waals surface area contributed by atoms with Crippen LogP contribution in [0.1, 0.15) is 24.5 Å². The van der Waals surface area contributed by atoms with Crippen LogP contribution < -0.4 is 10.1 Å². The predicted octanol–water partition coefficient (Wildman–Crippen LogP) is 5.66. The number of rotatable bonds is 8. The van der Waals surface area contributed by atoms with Gasteiger partial charge in [-0.15, -0.1) is 0 Å². The lowest BCUT2D eigenvalue weighted by molar-refractivity contribution is -0.137. The first kappa shape index (κ1) is 22.6. The Hall–Kier alpha value is -3.64. The van der Waals surface area contributed by atoms with E-state index in [1.165, 1.54) is 6.07 Å². The summed E-state index contributed by atoms with van der Waals surface area (Å²) < 4.78 is 19.9. The number of imide groups is 1. The quantitative estimate of drug-likeness (QED) is 0.437. The molecule has 33 heavy (non-hydrogen) atoms. The molecule has 0 atom stereocenters. The van der Waals surface area contributed by atoms with E-state index < -0.39 is 17.6 Å². The maximum Gasteiger partial charge on any atom is 0.278 e. The second kappa shape index (κ2) is 9.88. The highest BCUT2D eigenvalue weighted by atomic mass is 35.5. The Morgan fingerprint density at radius 3 is 2.45 bits per heavy atom. The maximum atomic E-state index is 14.2. The molecular weight excluding hydrogens is 443 g/mol. The van der Waals surface area contributed by atoms with Crippen molar-refractivity contribution in [2.45, 2.75) is 19.9 Å². The average molecular weight is 465 g/mol. The Morgan fingerprint density at radius 1 is 0.970 bits per heavy atom. The number of hydrogen-bond acceptors (Lipinski definition) is 4. The largest absolute Gasteiger partial charge is 0.494 e. The van der Waals surface area contributed by atoms with Crippen LogP contribution in [0.4, 0.5) is 10.1 Å². The first-order valence-electron chi connectivity index (χ1n) is 10.6. The van der Waals surface area contributed by atoms with Crippen molar-refractivity contribution in [2.24, 2.45) is 0 Å². The molecule has 5 nitrogen and oxygen atoms in total. The smallest absolute Gasteiger partial charge is 0.278 e. The van der Waals surface area contributed by atoms with Crippen LogP contribution in [0.15, 0.2) is 78.5 Å². The van der Waals surface area contributed by atoms with Gasteiger partial charge < -0.3 is 10.1 Å². The Labute approximate surface area is 196 Å². The fourth-order valence-electron chi connectivity index (χ4n) is 3.54. The molecule has 1 aliphatic rings. The van der Waals surface area contributed by atoms with E-state index in [9.17, 15) is 14.0 Å².